The summed E-state index contributed by atoms with van der Waals surface area (Å²) < 4.78 is 38.0. The second-order valence-electron chi connectivity index (χ2n) is 4.68. The van der Waals surface area contributed by atoms with E-state index in [2.05, 4.69) is 10.5 Å². The van der Waals surface area contributed by atoms with Crippen molar-refractivity contribution >= 4 is 40.8 Å². The van der Waals surface area contributed by atoms with Crippen LogP contribution in [0.4, 0.5) is 24.5 Å². The van der Waals surface area contributed by atoms with Crippen molar-refractivity contribution in [2.75, 3.05) is 5.43 Å². The molecule has 25 heavy (non-hydrogen) atoms. The monoisotopic (exact) mass is 393 g/mol. The van der Waals surface area contributed by atoms with E-state index in [4.69, 9.17) is 23.2 Å². The van der Waals surface area contributed by atoms with Crippen molar-refractivity contribution in [2.24, 2.45) is 5.10 Å². The van der Waals surface area contributed by atoms with Gasteiger partial charge in [0.25, 0.3) is 0 Å². The van der Waals surface area contributed by atoms with Crippen LogP contribution in [-0.2, 0) is 6.18 Å². The molecule has 0 bridgehead atoms. The predicted octanol–water partition coefficient (Wildman–Crippen LogP) is 5.07. The lowest BCUT2D eigenvalue weighted by Gasteiger charge is -2.09. The van der Waals surface area contributed by atoms with Gasteiger partial charge in [-0.2, -0.15) is 18.3 Å². The Morgan fingerprint density at radius 2 is 1.92 bits per heavy atom. The van der Waals surface area contributed by atoms with Crippen LogP contribution in [0.3, 0.4) is 0 Å². The maximum absolute atomic E-state index is 12.7. The van der Waals surface area contributed by atoms with Crippen LogP contribution in [0, 0.1) is 10.1 Å². The van der Waals surface area contributed by atoms with E-state index in [9.17, 15) is 28.4 Å². The third-order valence-corrected chi connectivity index (χ3v) is 3.51. The zero-order valence-electron chi connectivity index (χ0n) is 12.0. The van der Waals surface area contributed by atoms with Crippen LogP contribution >= 0.6 is 23.2 Å². The molecule has 2 rings (SSSR count). The van der Waals surface area contributed by atoms with Crippen molar-refractivity contribution in [1.82, 2.24) is 0 Å². The topological polar surface area (TPSA) is 87.8 Å². The number of nitro groups is 1. The molecule has 11 heteroatoms. The summed E-state index contributed by atoms with van der Waals surface area (Å²) >= 11 is 11.5. The van der Waals surface area contributed by atoms with Gasteiger partial charge in [0.15, 0.2) is 0 Å². The molecule has 0 amide bonds. The number of hydrogen-bond donors (Lipinski definition) is 2. The fourth-order valence-corrected chi connectivity index (χ4v) is 2.18. The highest BCUT2D eigenvalue weighted by Crippen LogP contribution is 2.34. The minimum Gasteiger partial charge on any atom is -0.502 e. The maximum Gasteiger partial charge on any atom is 0.416 e. The second kappa shape index (κ2) is 7.16. The van der Waals surface area contributed by atoms with Gasteiger partial charge in [-0.25, -0.2) is 0 Å². The third kappa shape index (κ3) is 4.52. The first-order valence-electron chi connectivity index (χ1n) is 6.42. The van der Waals surface area contributed by atoms with Crippen LogP contribution < -0.4 is 5.43 Å². The molecular weight excluding hydrogens is 386 g/mol. The van der Waals surface area contributed by atoms with Gasteiger partial charge in [0.1, 0.15) is 0 Å². The minimum absolute atomic E-state index is 0.0218. The van der Waals surface area contributed by atoms with Crippen LogP contribution in [-0.4, -0.2) is 16.2 Å². The van der Waals surface area contributed by atoms with E-state index in [0.717, 1.165) is 30.5 Å². The van der Waals surface area contributed by atoms with Gasteiger partial charge >= 0.3 is 11.9 Å². The number of hydrazone groups is 1. The number of benzene rings is 2. The average Bonchev–Trinajstić information content (AvgIpc) is 2.50. The molecular formula is C14H8Cl2F3N3O3. The van der Waals surface area contributed by atoms with Gasteiger partial charge in [-0.15, -0.1) is 0 Å². The van der Waals surface area contributed by atoms with Crippen molar-refractivity contribution in [3.05, 3.63) is 61.6 Å². The molecule has 0 saturated heterocycles. The van der Waals surface area contributed by atoms with Crippen LogP contribution in [0.5, 0.6) is 5.75 Å². The zero-order valence-corrected chi connectivity index (χ0v) is 13.5. The van der Waals surface area contributed by atoms with Gasteiger partial charge in [0, 0.05) is 16.7 Å². The molecule has 2 N–H and O–H groups in total. The van der Waals surface area contributed by atoms with Gasteiger partial charge < -0.3 is 5.11 Å². The highest BCUT2D eigenvalue weighted by atomic mass is 35.5. The molecule has 0 saturated carbocycles. The highest BCUT2D eigenvalue weighted by molar-refractivity contribution is 6.33. The Labute approximate surface area is 148 Å². The van der Waals surface area contributed by atoms with E-state index in [1.807, 2.05) is 0 Å². The zero-order chi connectivity index (χ0) is 18.8. The number of nitrogens with one attached hydrogen (secondary N) is 1. The Morgan fingerprint density at radius 3 is 2.52 bits per heavy atom. The number of anilines is 1. The van der Waals surface area contributed by atoms with Crippen LogP contribution in [0.2, 0.25) is 10.0 Å². The van der Waals surface area contributed by atoms with Gasteiger partial charge in [0.2, 0.25) is 5.75 Å². The number of hydrogen-bond acceptors (Lipinski definition) is 5. The molecule has 2 aromatic carbocycles. The summed E-state index contributed by atoms with van der Waals surface area (Å²) in [7, 11) is 0. The van der Waals surface area contributed by atoms with E-state index < -0.39 is 28.1 Å². The van der Waals surface area contributed by atoms with Crippen molar-refractivity contribution in [3.8, 4) is 5.75 Å². The predicted molar refractivity (Wildman–Crippen MR) is 87.4 cm³/mol. The summed E-state index contributed by atoms with van der Waals surface area (Å²) in [5.74, 6) is -0.685. The maximum atomic E-state index is 12.7. The molecule has 0 unspecified atom stereocenters. The molecule has 0 radical (unpaired) electrons. The lowest BCUT2D eigenvalue weighted by Crippen LogP contribution is -2.05. The van der Waals surface area contributed by atoms with E-state index in [-0.39, 0.29) is 21.3 Å². The van der Waals surface area contributed by atoms with Crippen LogP contribution in [0.1, 0.15) is 11.1 Å². The summed E-state index contributed by atoms with van der Waals surface area (Å²) in [4.78, 5) is 9.96. The van der Waals surface area contributed by atoms with Gasteiger partial charge in [-0.05, 0) is 24.3 Å². The Bertz CT molecular complexity index is 857. The van der Waals surface area contributed by atoms with Crippen LogP contribution in [0.25, 0.3) is 0 Å². The average molecular weight is 394 g/mol. The number of nitrogens with zero attached hydrogens (tertiary/aromatic N) is 2. The second-order valence-corrected chi connectivity index (χ2v) is 5.53. The normalized spacial score (nSPS) is 11.7. The number of phenols is 1. The molecule has 0 aliphatic rings. The number of halogens is 5. The number of nitro benzene ring substituents is 1. The Kier molecular flexibility index (Phi) is 5.39. The number of alkyl halides is 3. The first kappa shape index (κ1) is 18.8. The molecule has 2 aromatic rings. The first-order chi connectivity index (χ1) is 11.6. The van der Waals surface area contributed by atoms with E-state index in [0.29, 0.717) is 0 Å². The van der Waals surface area contributed by atoms with Crippen LogP contribution in [0.15, 0.2) is 35.4 Å². The van der Waals surface area contributed by atoms with Gasteiger partial charge in [-0.1, -0.05) is 23.2 Å². The lowest BCUT2D eigenvalue weighted by molar-refractivity contribution is -0.385. The smallest absolute Gasteiger partial charge is 0.416 e. The lowest BCUT2D eigenvalue weighted by atomic mass is 10.2. The minimum atomic E-state index is -4.56. The fraction of sp³-hybridized carbons (Fsp3) is 0.0714. The SMILES string of the molecule is O=[N+]([O-])c1cc(Cl)cc(/C=N\Nc2cc(C(F)(F)F)ccc2Cl)c1O. The summed E-state index contributed by atoms with van der Waals surface area (Å²) in [6, 6.07) is 4.75. The number of aromatic hydroxyl groups is 1. The van der Waals surface area contributed by atoms with Crippen molar-refractivity contribution < 1.29 is 23.2 Å². The Morgan fingerprint density at radius 1 is 1.24 bits per heavy atom. The summed E-state index contributed by atoms with van der Waals surface area (Å²) in [6.07, 6.45) is -3.60. The van der Waals surface area contributed by atoms with Crippen molar-refractivity contribution in [2.45, 2.75) is 6.18 Å². The molecule has 0 heterocycles. The van der Waals surface area contributed by atoms with Crippen molar-refractivity contribution in [3.63, 3.8) is 0 Å². The molecule has 6 nitrogen and oxygen atoms in total. The number of phenolic OH excluding ortho intramolecular Hbond substituents is 1. The van der Waals surface area contributed by atoms with E-state index in [1.54, 1.807) is 0 Å². The molecule has 0 atom stereocenters. The first-order valence-corrected chi connectivity index (χ1v) is 7.18. The van der Waals surface area contributed by atoms with Gasteiger partial charge in [0.05, 0.1) is 27.4 Å². The Hall–Kier alpha value is -2.52. The summed E-state index contributed by atoms with van der Waals surface area (Å²) in [5.41, 5.74) is 0.478. The summed E-state index contributed by atoms with van der Waals surface area (Å²) in [6.45, 7) is 0. The van der Waals surface area contributed by atoms with E-state index >= 15 is 0 Å². The van der Waals surface area contributed by atoms with E-state index in [1.165, 1.54) is 6.07 Å². The number of rotatable bonds is 4. The molecule has 0 fully saturated rings. The molecule has 132 valence electrons. The standard InChI is InChI=1S/C14H8Cl2F3N3O3/c15-9-3-7(13(23)12(5-9)22(24)25)6-20-21-11-4-8(14(17,18)19)1-2-10(11)16/h1-6,21,23H/b20-6-. The Balaban J connectivity index is 2.29. The fourth-order valence-electron chi connectivity index (χ4n) is 1.80. The summed E-state index contributed by atoms with van der Waals surface area (Å²) in [5, 5.41) is 24.2. The molecule has 0 aliphatic carbocycles. The highest BCUT2D eigenvalue weighted by Gasteiger charge is 2.30. The van der Waals surface area contributed by atoms with Crippen molar-refractivity contribution in [1.29, 1.82) is 0 Å². The molecule has 0 spiro atoms. The van der Waals surface area contributed by atoms with Gasteiger partial charge in [-0.3, -0.25) is 15.5 Å². The largest absolute Gasteiger partial charge is 0.502 e. The molecule has 0 aromatic heterocycles. The third-order valence-electron chi connectivity index (χ3n) is 2.96. The quantitative estimate of drug-likeness (QED) is 0.431. The molecule has 0 aliphatic heterocycles.